The van der Waals surface area contributed by atoms with Crippen LogP contribution in [0.2, 0.25) is 0 Å². The van der Waals surface area contributed by atoms with Gasteiger partial charge in [-0.2, -0.15) is 0 Å². The Morgan fingerprint density at radius 3 is 3.33 bits per heavy atom. The molecule has 0 aromatic carbocycles. The third-order valence-electron chi connectivity index (χ3n) is 2.15. The summed E-state index contributed by atoms with van der Waals surface area (Å²) in [5.41, 5.74) is 0.941. The van der Waals surface area contributed by atoms with E-state index in [0.29, 0.717) is 19.0 Å². The van der Waals surface area contributed by atoms with Crippen molar-refractivity contribution in [3.8, 4) is 0 Å². The van der Waals surface area contributed by atoms with Crippen LogP contribution in [0.25, 0.3) is 6.08 Å². The summed E-state index contributed by atoms with van der Waals surface area (Å²) in [6.45, 7) is 2.68. The Balaban J connectivity index is 2.30. The number of pyridine rings is 1. The summed E-state index contributed by atoms with van der Waals surface area (Å²) in [5, 5.41) is 0. The SMILES string of the molecule is CCOC(=O)N1CC=Cc2cccnc21. The molecule has 0 aliphatic carbocycles. The van der Waals surface area contributed by atoms with Crippen LogP contribution >= 0.6 is 0 Å². The molecular weight excluding hydrogens is 192 g/mol. The standard InChI is InChI=1S/C11H12N2O2/c1-2-15-11(14)13-8-4-6-9-5-3-7-12-10(9)13/h3-7H,2,8H2,1H3. The van der Waals surface area contributed by atoms with Gasteiger partial charge in [0.25, 0.3) is 0 Å². The molecule has 15 heavy (non-hydrogen) atoms. The lowest BCUT2D eigenvalue weighted by Gasteiger charge is -2.23. The molecule has 0 fully saturated rings. The predicted octanol–water partition coefficient (Wildman–Crippen LogP) is 2.07. The molecule has 0 N–H and O–H groups in total. The second kappa shape index (κ2) is 4.13. The van der Waals surface area contributed by atoms with E-state index < -0.39 is 0 Å². The Labute approximate surface area is 88.2 Å². The first-order valence-electron chi connectivity index (χ1n) is 4.88. The van der Waals surface area contributed by atoms with E-state index in [-0.39, 0.29) is 6.09 Å². The molecule has 1 aromatic rings. The topological polar surface area (TPSA) is 42.4 Å². The van der Waals surface area contributed by atoms with E-state index in [9.17, 15) is 4.79 Å². The van der Waals surface area contributed by atoms with E-state index >= 15 is 0 Å². The van der Waals surface area contributed by atoms with Crippen LogP contribution in [0.15, 0.2) is 24.4 Å². The number of hydrogen-bond donors (Lipinski definition) is 0. The zero-order valence-corrected chi connectivity index (χ0v) is 8.51. The largest absolute Gasteiger partial charge is 0.449 e. The molecule has 2 heterocycles. The Morgan fingerprint density at radius 1 is 1.67 bits per heavy atom. The molecule has 4 nitrogen and oxygen atoms in total. The molecule has 0 atom stereocenters. The van der Waals surface area contributed by atoms with Crippen LogP contribution in [0.1, 0.15) is 12.5 Å². The van der Waals surface area contributed by atoms with Crippen molar-refractivity contribution in [2.75, 3.05) is 18.1 Å². The highest BCUT2D eigenvalue weighted by Crippen LogP contribution is 2.23. The number of carbonyl (C=O) groups excluding carboxylic acids is 1. The summed E-state index contributed by atoms with van der Waals surface area (Å²) in [4.78, 5) is 17.3. The minimum Gasteiger partial charge on any atom is -0.449 e. The van der Waals surface area contributed by atoms with Gasteiger partial charge in [0.1, 0.15) is 5.82 Å². The van der Waals surface area contributed by atoms with Crippen molar-refractivity contribution < 1.29 is 9.53 Å². The van der Waals surface area contributed by atoms with Gasteiger partial charge in [-0.1, -0.05) is 12.2 Å². The lowest BCUT2D eigenvalue weighted by atomic mass is 10.2. The van der Waals surface area contributed by atoms with Gasteiger partial charge in [-0.05, 0) is 19.1 Å². The third-order valence-corrected chi connectivity index (χ3v) is 2.15. The number of carbonyl (C=O) groups is 1. The molecule has 4 heteroatoms. The monoisotopic (exact) mass is 204 g/mol. The molecule has 0 bridgehead atoms. The maximum absolute atomic E-state index is 11.6. The Kier molecular flexibility index (Phi) is 2.67. The molecule has 0 radical (unpaired) electrons. The maximum atomic E-state index is 11.6. The van der Waals surface area contributed by atoms with Crippen LogP contribution in [0.3, 0.4) is 0 Å². The van der Waals surface area contributed by atoms with Crippen molar-refractivity contribution >= 4 is 18.0 Å². The highest BCUT2D eigenvalue weighted by molar-refractivity contribution is 5.90. The van der Waals surface area contributed by atoms with Gasteiger partial charge in [0.2, 0.25) is 0 Å². The number of aromatic nitrogens is 1. The van der Waals surface area contributed by atoms with Crippen molar-refractivity contribution in [3.63, 3.8) is 0 Å². The summed E-state index contributed by atoms with van der Waals surface area (Å²) >= 11 is 0. The van der Waals surface area contributed by atoms with Gasteiger partial charge in [0, 0.05) is 18.3 Å². The van der Waals surface area contributed by atoms with Crippen molar-refractivity contribution in [1.82, 2.24) is 4.98 Å². The fourth-order valence-corrected chi connectivity index (χ4v) is 1.50. The number of nitrogens with zero attached hydrogens (tertiary/aromatic N) is 2. The molecule has 0 saturated heterocycles. The third kappa shape index (κ3) is 1.83. The first kappa shape index (κ1) is 9.71. The maximum Gasteiger partial charge on any atom is 0.415 e. The van der Waals surface area contributed by atoms with Crippen molar-refractivity contribution in [2.45, 2.75) is 6.92 Å². The summed E-state index contributed by atoms with van der Waals surface area (Å²) < 4.78 is 4.95. The molecule has 0 spiro atoms. The van der Waals surface area contributed by atoms with Crippen molar-refractivity contribution in [1.29, 1.82) is 0 Å². The van der Waals surface area contributed by atoms with Gasteiger partial charge in [-0.15, -0.1) is 0 Å². The van der Waals surface area contributed by atoms with Crippen LogP contribution in [0, 0.1) is 0 Å². The van der Waals surface area contributed by atoms with Crippen LogP contribution in [-0.4, -0.2) is 24.2 Å². The average Bonchev–Trinajstić information content (AvgIpc) is 2.28. The number of ether oxygens (including phenoxy) is 1. The van der Waals surface area contributed by atoms with E-state index in [1.165, 1.54) is 4.90 Å². The first-order chi connectivity index (χ1) is 7.33. The molecule has 2 rings (SSSR count). The quantitative estimate of drug-likeness (QED) is 0.703. The minimum absolute atomic E-state index is 0.346. The van der Waals surface area contributed by atoms with Crippen molar-refractivity contribution in [3.05, 3.63) is 30.0 Å². The summed E-state index contributed by atoms with van der Waals surface area (Å²) in [7, 11) is 0. The lowest BCUT2D eigenvalue weighted by Crippen LogP contribution is -2.34. The number of hydrogen-bond acceptors (Lipinski definition) is 3. The fourth-order valence-electron chi connectivity index (χ4n) is 1.50. The Bertz CT molecular complexity index is 401. The second-order valence-electron chi connectivity index (χ2n) is 3.13. The van der Waals surface area contributed by atoms with E-state index in [2.05, 4.69) is 4.98 Å². The van der Waals surface area contributed by atoms with Crippen LogP contribution < -0.4 is 4.90 Å². The van der Waals surface area contributed by atoms with E-state index in [1.54, 1.807) is 13.1 Å². The molecule has 1 aromatic heterocycles. The summed E-state index contributed by atoms with van der Waals surface area (Å²) in [6.07, 6.45) is 5.20. The molecule has 1 aliphatic heterocycles. The molecule has 0 saturated carbocycles. The Hall–Kier alpha value is -1.84. The minimum atomic E-state index is -0.346. The molecule has 1 aliphatic rings. The van der Waals surface area contributed by atoms with Gasteiger partial charge in [-0.25, -0.2) is 9.78 Å². The van der Waals surface area contributed by atoms with Gasteiger partial charge >= 0.3 is 6.09 Å². The number of anilines is 1. The van der Waals surface area contributed by atoms with Gasteiger partial charge < -0.3 is 4.74 Å². The number of amides is 1. The molecule has 1 amide bonds. The van der Waals surface area contributed by atoms with Crippen molar-refractivity contribution in [2.24, 2.45) is 0 Å². The normalized spacial score (nSPS) is 13.5. The van der Waals surface area contributed by atoms with E-state index in [4.69, 9.17) is 4.74 Å². The first-order valence-corrected chi connectivity index (χ1v) is 4.88. The van der Waals surface area contributed by atoms with Gasteiger partial charge in [0.05, 0.1) is 6.61 Å². The van der Waals surface area contributed by atoms with E-state index in [0.717, 1.165) is 5.56 Å². The average molecular weight is 204 g/mol. The smallest absolute Gasteiger partial charge is 0.415 e. The zero-order valence-electron chi connectivity index (χ0n) is 8.51. The fraction of sp³-hybridized carbons (Fsp3) is 0.273. The summed E-state index contributed by atoms with van der Waals surface area (Å²) in [5.74, 6) is 0.665. The molecule has 78 valence electrons. The molecule has 0 unspecified atom stereocenters. The summed E-state index contributed by atoms with van der Waals surface area (Å²) in [6, 6.07) is 3.77. The van der Waals surface area contributed by atoms with Crippen LogP contribution in [0.4, 0.5) is 10.6 Å². The van der Waals surface area contributed by atoms with Crippen LogP contribution in [-0.2, 0) is 4.74 Å². The number of fused-ring (bicyclic) bond motifs is 1. The Morgan fingerprint density at radius 2 is 2.53 bits per heavy atom. The highest BCUT2D eigenvalue weighted by Gasteiger charge is 2.21. The molecular formula is C11H12N2O2. The highest BCUT2D eigenvalue weighted by atomic mass is 16.6. The van der Waals surface area contributed by atoms with E-state index in [1.807, 2.05) is 24.3 Å². The number of rotatable bonds is 1. The lowest BCUT2D eigenvalue weighted by molar-refractivity contribution is 0.160. The van der Waals surface area contributed by atoms with Crippen LogP contribution in [0.5, 0.6) is 0 Å². The zero-order chi connectivity index (χ0) is 10.7. The predicted molar refractivity (Wildman–Crippen MR) is 57.6 cm³/mol. The van der Waals surface area contributed by atoms with Gasteiger partial charge in [0.15, 0.2) is 0 Å². The van der Waals surface area contributed by atoms with Gasteiger partial charge in [-0.3, -0.25) is 4.90 Å². The second-order valence-corrected chi connectivity index (χ2v) is 3.13.